The number of alkyl halides is 3. The summed E-state index contributed by atoms with van der Waals surface area (Å²) >= 11 is 0. The molecule has 3 aromatic rings. The van der Waals surface area contributed by atoms with Crippen LogP contribution in [0.15, 0.2) is 36.5 Å². The van der Waals surface area contributed by atoms with Gasteiger partial charge in [0.2, 0.25) is 0 Å². The molecule has 1 spiro atoms. The van der Waals surface area contributed by atoms with Gasteiger partial charge in [-0.2, -0.15) is 13.2 Å². The van der Waals surface area contributed by atoms with Gasteiger partial charge in [0.25, 0.3) is 0 Å². The Balaban J connectivity index is 1.31. The first kappa shape index (κ1) is 19.4. The van der Waals surface area contributed by atoms with Gasteiger partial charge in [0.15, 0.2) is 0 Å². The van der Waals surface area contributed by atoms with Gasteiger partial charge in [0, 0.05) is 24.8 Å². The van der Waals surface area contributed by atoms with Crippen LogP contribution in [0.25, 0.3) is 22.4 Å². The quantitative estimate of drug-likeness (QED) is 0.640. The summed E-state index contributed by atoms with van der Waals surface area (Å²) in [6, 6.07) is 7.37. The third kappa shape index (κ3) is 3.64. The van der Waals surface area contributed by atoms with E-state index in [9.17, 15) is 13.2 Å². The molecule has 1 N–H and O–H groups in total. The standard InChI is InChI=1S/C22H22F3N4O/c23-22(24,25)16-4-5-17-18(13-16)28-20(27-17)15-3-6-19(26-14-15)29-10-8-21(9-11-29)7-1-2-12-30-21/h2-6,13-14H,1,7-12H2,(H,27,28). The van der Waals surface area contributed by atoms with Crippen molar-refractivity contribution < 1.29 is 17.9 Å². The smallest absolute Gasteiger partial charge is 0.375 e. The molecule has 0 amide bonds. The number of hydrogen-bond donors (Lipinski definition) is 1. The van der Waals surface area contributed by atoms with Crippen LogP contribution in [0.1, 0.15) is 31.2 Å². The molecule has 2 aromatic heterocycles. The molecule has 1 aromatic carbocycles. The fraction of sp³-hybridized carbons (Fsp3) is 0.409. The lowest BCUT2D eigenvalue weighted by molar-refractivity contribution is -0.137. The van der Waals surface area contributed by atoms with Crippen molar-refractivity contribution in [3.05, 3.63) is 48.5 Å². The number of H-pyrrole nitrogens is 1. The van der Waals surface area contributed by atoms with Gasteiger partial charge in [-0.25, -0.2) is 9.97 Å². The monoisotopic (exact) mass is 415 g/mol. The van der Waals surface area contributed by atoms with E-state index in [1.54, 1.807) is 6.20 Å². The highest BCUT2D eigenvalue weighted by molar-refractivity contribution is 5.80. The minimum absolute atomic E-state index is 0.0226. The number of benzene rings is 1. The summed E-state index contributed by atoms with van der Waals surface area (Å²) in [6.45, 7) is 2.54. The van der Waals surface area contributed by atoms with E-state index in [0.29, 0.717) is 11.3 Å². The van der Waals surface area contributed by atoms with Crippen LogP contribution in [0, 0.1) is 6.42 Å². The Morgan fingerprint density at radius 2 is 1.90 bits per heavy atom. The third-order valence-electron chi connectivity index (χ3n) is 6.14. The number of anilines is 1. The highest BCUT2D eigenvalue weighted by atomic mass is 19.4. The van der Waals surface area contributed by atoms with Crippen molar-refractivity contribution >= 4 is 16.9 Å². The summed E-state index contributed by atoms with van der Waals surface area (Å²) in [4.78, 5) is 14.2. The Morgan fingerprint density at radius 1 is 1.07 bits per heavy atom. The van der Waals surface area contributed by atoms with E-state index in [2.05, 4.69) is 26.3 Å². The molecule has 5 nitrogen and oxygen atoms in total. The number of pyridine rings is 1. The molecule has 2 aliphatic heterocycles. The minimum Gasteiger partial charge on any atom is -0.375 e. The lowest BCUT2D eigenvalue weighted by Crippen LogP contribution is -2.48. The number of nitrogens with one attached hydrogen (secondary N) is 1. The normalized spacial score (nSPS) is 19.5. The lowest BCUT2D eigenvalue weighted by atomic mass is 9.84. The molecule has 0 bridgehead atoms. The Hall–Kier alpha value is -2.61. The van der Waals surface area contributed by atoms with Gasteiger partial charge in [-0.3, -0.25) is 0 Å². The highest BCUT2D eigenvalue weighted by Crippen LogP contribution is 2.36. The highest BCUT2D eigenvalue weighted by Gasteiger charge is 2.37. The fourth-order valence-electron chi connectivity index (χ4n) is 4.33. The molecule has 2 aliphatic rings. The van der Waals surface area contributed by atoms with Crippen LogP contribution in [0.2, 0.25) is 0 Å². The van der Waals surface area contributed by atoms with Gasteiger partial charge in [-0.05, 0) is 62.4 Å². The maximum atomic E-state index is 12.9. The first-order chi connectivity index (χ1) is 14.4. The molecule has 5 rings (SSSR count). The Labute approximate surface area is 172 Å². The second-order valence-electron chi connectivity index (χ2n) is 8.03. The largest absolute Gasteiger partial charge is 0.416 e. The van der Waals surface area contributed by atoms with Crippen LogP contribution in [0.3, 0.4) is 0 Å². The average Bonchev–Trinajstić information content (AvgIpc) is 3.18. The number of imidazole rings is 1. The second-order valence-corrected chi connectivity index (χ2v) is 8.03. The zero-order valence-electron chi connectivity index (χ0n) is 16.4. The molecular weight excluding hydrogens is 393 g/mol. The topological polar surface area (TPSA) is 54.0 Å². The Morgan fingerprint density at radius 3 is 2.57 bits per heavy atom. The number of rotatable bonds is 2. The van der Waals surface area contributed by atoms with E-state index in [1.165, 1.54) is 6.07 Å². The minimum atomic E-state index is -4.38. The van der Waals surface area contributed by atoms with E-state index in [1.807, 2.05) is 12.1 Å². The summed E-state index contributed by atoms with van der Waals surface area (Å²) < 4.78 is 44.8. The third-order valence-corrected chi connectivity index (χ3v) is 6.14. The number of halogens is 3. The van der Waals surface area contributed by atoms with Crippen LogP contribution in [0.4, 0.5) is 19.0 Å². The van der Waals surface area contributed by atoms with Crippen molar-refractivity contribution in [1.29, 1.82) is 0 Å². The fourth-order valence-corrected chi connectivity index (χ4v) is 4.33. The number of nitrogens with zero attached hydrogens (tertiary/aromatic N) is 3. The molecule has 1 radical (unpaired) electrons. The van der Waals surface area contributed by atoms with Crippen LogP contribution < -0.4 is 4.90 Å². The maximum Gasteiger partial charge on any atom is 0.416 e. The molecule has 30 heavy (non-hydrogen) atoms. The first-order valence-electron chi connectivity index (χ1n) is 10.2. The van der Waals surface area contributed by atoms with Gasteiger partial charge in [0.1, 0.15) is 11.6 Å². The SMILES string of the molecule is FC(F)(F)c1ccc2[nH]c(-c3ccc(N4CCC5(CC[CH]CO5)CC4)nc3)nc2c1. The van der Waals surface area contributed by atoms with E-state index >= 15 is 0 Å². The molecule has 0 unspecified atom stereocenters. The predicted octanol–water partition coefficient (Wildman–Crippen LogP) is 5.00. The molecule has 2 fully saturated rings. The van der Waals surface area contributed by atoms with Crippen molar-refractivity contribution in [1.82, 2.24) is 15.0 Å². The van der Waals surface area contributed by atoms with Crippen LogP contribution in [-0.4, -0.2) is 40.2 Å². The van der Waals surface area contributed by atoms with Crippen molar-refractivity contribution in [2.75, 3.05) is 24.6 Å². The zero-order valence-corrected chi connectivity index (χ0v) is 16.4. The zero-order chi connectivity index (χ0) is 20.8. The molecule has 2 saturated heterocycles. The molecule has 8 heteroatoms. The molecule has 0 atom stereocenters. The number of aromatic nitrogens is 3. The Bertz CT molecular complexity index is 1030. The number of ether oxygens (including phenoxy) is 1. The van der Waals surface area contributed by atoms with E-state index < -0.39 is 11.7 Å². The number of aromatic amines is 1. The van der Waals surface area contributed by atoms with Gasteiger partial charge in [-0.1, -0.05) is 0 Å². The first-order valence-corrected chi connectivity index (χ1v) is 10.2. The summed E-state index contributed by atoms with van der Waals surface area (Å²) in [7, 11) is 0. The predicted molar refractivity (Wildman–Crippen MR) is 108 cm³/mol. The van der Waals surface area contributed by atoms with Crippen LogP contribution >= 0.6 is 0 Å². The van der Waals surface area contributed by atoms with E-state index in [4.69, 9.17) is 4.74 Å². The van der Waals surface area contributed by atoms with Crippen LogP contribution in [0.5, 0.6) is 0 Å². The number of fused-ring (bicyclic) bond motifs is 1. The lowest BCUT2D eigenvalue weighted by Gasteiger charge is -2.44. The van der Waals surface area contributed by atoms with Gasteiger partial charge in [0.05, 0.1) is 28.8 Å². The van der Waals surface area contributed by atoms with Gasteiger partial charge < -0.3 is 14.6 Å². The average molecular weight is 415 g/mol. The van der Waals surface area contributed by atoms with Gasteiger partial charge >= 0.3 is 6.18 Å². The molecule has 157 valence electrons. The van der Waals surface area contributed by atoms with E-state index in [0.717, 1.165) is 68.9 Å². The van der Waals surface area contributed by atoms with Crippen molar-refractivity contribution in [3.63, 3.8) is 0 Å². The maximum absolute atomic E-state index is 12.9. The summed E-state index contributed by atoms with van der Waals surface area (Å²) in [5, 5.41) is 0. The van der Waals surface area contributed by atoms with E-state index in [-0.39, 0.29) is 11.1 Å². The van der Waals surface area contributed by atoms with Crippen molar-refractivity contribution in [2.24, 2.45) is 0 Å². The summed E-state index contributed by atoms with van der Waals surface area (Å²) in [5.74, 6) is 1.40. The number of hydrogen-bond acceptors (Lipinski definition) is 4. The van der Waals surface area contributed by atoms with Crippen molar-refractivity contribution in [3.8, 4) is 11.4 Å². The molecule has 4 heterocycles. The van der Waals surface area contributed by atoms with Crippen molar-refractivity contribution in [2.45, 2.75) is 37.5 Å². The molecular formula is C22H22F3N4O. The second kappa shape index (κ2) is 7.27. The van der Waals surface area contributed by atoms with Gasteiger partial charge in [-0.15, -0.1) is 0 Å². The Kier molecular flexibility index (Phi) is 4.69. The van der Waals surface area contributed by atoms with Crippen LogP contribution in [-0.2, 0) is 10.9 Å². The summed E-state index contributed by atoms with van der Waals surface area (Å²) in [5.41, 5.74) is 0.907. The number of piperidine rings is 1. The molecule has 0 aliphatic carbocycles. The molecule has 0 saturated carbocycles. The summed E-state index contributed by atoms with van der Waals surface area (Å²) in [6.07, 6.45) is 3.73.